The van der Waals surface area contributed by atoms with Crippen LogP contribution in [0.5, 0.6) is 0 Å². The average molecular weight is 222 g/mol. The van der Waals surface area contributed by atoms with Crippen LogP contribution in [-0.2, 0) is 4.79 Å². The fourth-order valence-electron chi connectivity index (χ4n) is 3.93. The molecule has 90 valence electrons. The molecule has 1 heterocycles. The summed E-state index contributed by atoms with van der Waals surface area (Å²) >= 11 is 0. The second-order valence-electron chi connectivity index (χ2n) is 5.90. The van der Waals surface area contributed by atoms with E-state index in [1.807, 2.05) is 4.90 Å². The number of fused-ring (bicyclic) bond motifs is 2. The first-order valence-corrected chi connectivity index (χ1v) is 6.74. The standard InChI is InChI=1S/C13H22N2O/c1-9(16)15-5-4-12(8-15)14-13-7-10-2-3-11(13)6-10/h10-14H,2-8H2,1H3. The SMILES string of the molecule is CC(=O)N1CCC(NC2CC3CCC2C3)C1. The van der Waals surface area contributed by atoms with E-state index in [1.54, 1.807) is 6.92 Å². The highest BCUT2D eigenvalue weighted by atomic mass is 16.2. The molecule has 4 atom stereocenters. The van der Waals surface area contributed by atoms with Crippen molar-refractivity contribution in [2.45, 2.75) is 51.1 Å². The van der Waals surface area contributed by atoms with Gasteiger partial charge in [0.2, 0.25) is 5.91 Å². The van der Waals surface area contributed by atoms with Gasteiger partial charge in [0.15, 0.2) is 0 Å². The minimum Gasteiger partial charge on any atom is -0.341 e. The molecular formula is C13H22N2O. The molecule has 2 bridgehead atoms. The van der Waals surface area contributed by atoms with Crippen molar-refractivity contribution in [2.24, 2.45) is 11.8 Å². The molecule has 0 spiro atoms. The number of hydrogen-bond donors (Lipinski definition) is 1. The minimum absolute atomic E-state index is 0.234. The van der Waals surface area contributed by atoms with Crippen LogP contribution in [0.2, 0.25) is 0 Å². The summed E-state index contributed by atoms with van der Waals surface area (Å²) in [6.45, 7) is 3.57. The second kappa shape index (κ2) is 4.02. The van der Waals surface area contributed by atoms with Gasteiger partial charge in [-0.15, -0.1) is 0 Å². The highest BCUT2D eigenvalue weighted by Crippen LogP contribution is 2.44. The largest absolute Gasteiger partial charge is 0.341 e. The van der Waals surface area contributed by atoms with Crippen LogP contribution in [0.25, 0.3) is 0 Å². The molecule has 3 fully saturated rings. The predicted molar refractivity (Wildman–Crippen MR) is 63.0 cm³/mol. The number of carbonyl (C=O) groups excluding carboxylic acids is 1. The van der Waals surface area contributed by atoms with Gasteiger partial charge < -0.3 is 10.2 Å². The Bertz CT molecular complexity index is 292. The number of nitrogens with one attached hydrogen (secondary N) is 1. The molecule has 0 aromatic heterocycles. The highest BCUT2D eigenvalue weighted by Gasteiger charge is 2.40. The molecule has 3 aliphatic rings. The lowest BCUT2D eigenvalue weighted by molar-refractivity contribution is -0.127. The normalized spacial score (nSPS) is 41.9. The third-order valence-corrected chi connectivity index (χ3v) is 4.82. The number of likely N-dealkylation sites (tertiary alicyclic amines) is 1. The highest BCUT2D eigenvalue weighted by molar-refractivity contribution is 5.73. The molecule has 16 heavy (non-hydrogen) atoms. The van der Waals surface area contributed by atoms with E-state index >= 15 is 0 Å². The van der Waals surface area contributed by atoms with E-state index in [-0.39, 0.29) is 5.91 Å². The molecule has 3 heteroatoms. The molecule has 4 unspecified atom stereocenters. The first-order valence-electron chi connectivity index (χ1n) is 6.74. The van der Waals surface area contributed by atoms with E-state index in [9.17, 15) is 4.79 Å². The van der Waals surface area contributed by atoms with Gasteiger partial charge >= 0.3 is 0 Å². The van der Waals surface area contributed by atoms with E-state index < -0.39 is 0 Å². The summed E-state index contributed by atoms with van der Waals surface area (Å²) in [7, 11) is 0. The summed E-state index contributed by atoms with van der Waals surface area (Å²) < 4.78 is 0. The maximum Gasteiger partial charge on any atom is 0.219 e. The summed E-state index contributed by atoms with van der Waals surface area (Å²) in [4.78, 5) is 13.2. The van der Waals surface area contributed by atoms with Crippen molar-refractivity contribution in [2.75, 3.05) is 13.1 Å². The van der Waals surface area contributed by atoms with Gasteiger partial charge in [0, 0.05) is 32.1 Å². The van der Waals surface area contributed by atoms with Crippen molar-refractivity contribution in [1.82, 2.24) is 10.2 Å². The maximum atomic E-state index is 11.3. The van der Waals surface area contributed by atoms with Crippen molar-refractivity contribution in [3.63, 3.8) is 0 Å². The van der Waals surface area contributed by atoms with Gasteiger partial charge in [0.25, 0.3) is 0 Å². The fraction of sp³-hybridized carbons (Fsp3) is 0.923. The van der Waals surface area contributed by atoms with Crippen LogP contribution in [0, 0.1) is 11.8 Å². The number of hydrogen-bond acceptors (Lipinski definition) is 2. The Morgan fingerprint density at radius 1 is 1.25 bits per heavy atom. The monoisotopic (exact) mass is 222 g/mol. The zero-order valence-electron chi connectivity index (χ0n) is 10.1. The lowest BCUT2D eigenvalue weighted by Crippen LogP contribution is -2.43. The predicted octanol–water partition coefficient (Wildman–Crippen LogP) is 1.39. The summed E-state index contributed by atoms with van der Waals surface area (Å²) in [5.41, 5.74) is 0. The van der Waals surface area contributed by atoms with Crippen LogP contribution in [0.15, 0.2) is 0 Å². The third-order valence-electron chi connectivity index (χ3n) is 4.82. The molecule has 1 aliphatic heterocycles. The lowest BCUT2D eigenvalue weighted by Gasteiger charge is -2.26. The van der Waals surface area contributed by atoms with Gasteiger partial charge in [-0.05, 0) is 37.5 Å². The van der Waals surface area contributed by atoms with E-state index in [0.717, 1.165) is 37.4 Å². The third kappa shape index (κ3) is 1.86. The Labute approximate surface area is 97.6 Å². The van der Waals surface area contributed by atoms with Crippen LogP contribution >= 0.6 is 0 Å². The second-order valence-corrected chi connectivity index (χ2v) is 5.90. The lowest BCUT2D eigenvalue weighted by atomic mass is 9.94. The Balaban J connectivity index is 1.51. The van der Waals surface area contributed by atoms with E-state index in [2.05, 4.69) is 5.32 Å². The van der Waals surface area contributed by atoms with Crippen molar-refractivity contribution in [3.05, 3.63) is 0 Å². The summed E-state index contributed by atoms with van der Waals surface area (Å²) in [5, 5.41) is 3.80. The number of nitrogens with zero attached hydrogens (tertiary/aromatic N) is 1. The summed E-state index contributed by atoms with van der Waals surface area (Å²) in [5.74, 6) is 2.18. The van der Waals surface area contributed by atoms with Gasteiger partial charge in [-0.1, -0.05) is 6.42 Å². The quantitative estimate of drug-likeness (QED) is 0.765. The molecule has 0 aromatic carbocycles. The first-order chi connectivity index (χ1) is 7.72. The van der Waals surface area contributed by atoms with Crippen LogP contribution in [0.1, 0.15) is 39.0 Å². The molecule has 1 saturated heterocycles. The van der Waals surface area contributed by atoms with E-state index in [4.69, 9.17) is 0 Å². The van der Waals surface area contributed by atoms with Gasteiger partial charge in [0.1, 0.15) is 0 Å². The summed E-state index contributed by atoms with van der Waals surface area (Å²) in [6.07, 6.45) is 6.90. The molecule has 0 aromatic rings. The molecule has 1 amide bonds. The van der Waals surface area contributed by atoms with E-state index in [0.29, 0.717) is 6.04 Å². The van der Waals surface area contributed by atoms with Gasteiger partial charge in [-0.25, -0.2) is 0 Å². The van der Waals surface area contributed by atoms with Gasteiger partial charge in [-0.3, -0.25) is 4.79 Å². The Kier molecular flexibility index (Phi) is 2.66. The molecule has 1 N–H and O–H groups in total. The molecule has 3 rings (SSSR count). The van der Waals surface area contributed by atoms with Crippen molar-refractivity contribution < 1.29 is 4.79 Å². The average Bonchev–Trinajstić information content (AvgIpc) is 2.91. The van der Waals surface area contributed by atoms with Crippen LogP contribution < -0.4 is 5.32 Å². The maximum absolute atomic E-state index is 11.3. The van der Waals surface area contributed by atoms with Crippen LogP contribution in [0.3, 0.4) is 0 Å². The molecule has 2 aliphatic carbocycles. The molecule has 3 nitrogen and oxygen atoms in total. The van der Waals surface area contributed by atoms with Gasteiger partial charge in [-0.2, -0.15) is 0 Å². The number of amides is 1. The van der Waals surface area contributed by atoms with Gasteiger partial charge in [0.05, 0.1) is 0 Å². The zero-order chi connectivity index (χ0) is 11.1. The van der Waals surface area contributed by atoms with E-state index in [1.165, 1.54) is 25.7 Å². The van der Waals surface area contributed by atoms with Crippen molar-refractivity contribution >= 4 is 5.91 Å². The fourth-order valence-corrected chi connectivity index (χ4v) is 3.93. The van der Waals surface area contributed by atoms with Crippen molar-refractivity contribution in [1.29, 1.82) is 0 Å². The minimum atomic E-state index is 0.234. The number of rotatable bonds is 2. The number of carbonyl (C=O) groups is 1. The topological polar surface area (TPSA) is 32.3 Å². The zero-order valence-corrected chi connectivity index (χ0v) is 10.1. The molecule has 2 saturated carbocycles. The van der Waals surface area contributed by atoms with Crippen molar-refractivity contribution in [3.8, 4) is 0 Å². The first kappa shape index (κ1) is 10.6. The Hall–Kier alpha value is -0.570. The summed E-state index contributed by atoms with van der Waals surface area (Å²) in [6, 6.07) is 1.32. The van der Waals surface area contributed by atoms with Crippen LogP contribution in [0.4, 0.5) is 0 Å². The smallest absolute Gasteiger partial charge is 0.219 e. The van der Waals surface area contributed by atoms with Crippen LogP contribution in [-0.4, -0.2) is 36.0 Å². The Morgan fingerprint density at radius 3 is 2.69 bits per heavy atom. The molecular weight excluding hydrogens is 200 g/mol. The Morgan fingerprint density at radius 2 is 2.12 bits per heavy atom. The molecule has 0 radical (unpaired) electrons.